The van der Waals surface area contributed by atoms with Crippen molar-refractivity contribution in [1.29, 1.82) is 0 Å². The second kappa shape index (κ2) is 16.3. The molecule has 55 heavy (non-hydrogen) atoms. The van der Waals surface area contributed by atoms with Crippen LogP contribution in [-0.4, -0.2) is 0 Å². The van der Waals surface area contributed by atoms with Gasteiger partial charge < -0.3 is 5.73 Å². The zero-order valence-corrected chi connectivity index (χ0v) is 32.8. The molecule has 8 rings (SSSR count). The Bertz CT molecular complexity index is 2680. The van der Waals surface area contributed by atoms with Crippen LogP contribution in [0.4, 0.5) is 0 Å². The van der Waals surface area contributed by atoms with Gasteiger partial charge in [-0.25, -0.2) is 0 Å². The zero-order valence-electron chi connectivity index (χ0n) is 32.8. The number of hydrogen-bond donors (Lipinski definition) is 1. The summed E-state index contributed by atoms with van der Waals surface area (Å²) in [7, 11) is 0. The molecule has 0 fully saturated rings. The molecule has 0 unspecified atom stereocenters. The van der Waals surface area contributed by atoms with Crippen LogP contribution in [0.1, 0.15) is 55.5 Å². The van der Waals surface area contributed by atoms with Gasteiger partial charge in [-0.1, -0.05) is 189 Å². The van der Waals surface area contributed by atoms with E-state index in [1.807, 2.05) is 20.8 Å². The quantitative estimate of drug-likeness (QED) is 0.129. The lowest BCUT2D eigenvalue weighted by Crippen LogP contribution is -2.01. The summed E-state index contributed by atoms with van der Waals surface area (Å²) in [5.41, 5.74) is 21.9. The van der Waals surface area contributed by atoms with Crippen LogP contribution in [0.15, 0.2) is 170 Å². The average Bonchev–Trinajstić information content (AvgIpc) is 3.23. The molecule has 0 aliphatic rings. The Balaban J connectivity index is 0.00000229. The molecular formula is C54H49N. The summed E-state index contributed by atoms with van der Waals surface area (Å²) in [5.74, 6) is 0. The summed E-state index contributed by atoms with van der Waals surface area (Å²) in [6.07, 6.45) is 8.45. The number of nitrogens with two attached hydrogens (primary N) is 1. The maximum atomic E-state index is 6.78. The summed E-state index contributed by atoms with van der Waals surface area (Å²) in [6, 6.07) is 55.4. The van der Waals surface area contributed by atoms with Gasteiger partial charge in [0.1, 0.15) is 0 Å². The molecule has 270 valence electrons. The summed E-state index contributed by atoms with van der Waals surface area (Å²) in [4.78, 5) is 0. The van der Waals surface area contributed by atoms with Gasteiger partial charge in [-0.2, -0.15) is 0 Å². The van der Waals surface area contributed by atoms with Gasteiger partial charge >= 0.3 is 0 Å². The van der Waals surface area contributed by atoms with Gasteiger partial charge in [-0.3, -0.25) is 0 Å². The first-order valence-corrected chi connectivity index (χ1v) is 19.5. The maximum Gasteiger partial charge on any atom is 0.0399 e. The van der Waals surface area contributed by atoms with Gasteiger partial charge in [0.05, 0.1) is 0 Å². The highest BCUT2D eigenvalue weighted by molar-refractivity contribution is 6.24. The zero-order chi connectivity index (χ0) is 38.5. The Morgan fingerprint density at radius 3 is 1.58 bits per heavy atom. The summed E-state index contributed by atoms with van der Waals surface area (Å²) < 4.78 is 0. The van der Waals surface area contributed by atoms with Crippen molar-refractivity contribution in [2.24, 2.45) is 5.73 Å². The van der Waals surface area contributed by atoms with Crippen molar-refractivity contribution in [3.63, 3.8) is 0 Å². The molecule has 0 radical (unpaired) electrons. The molecule has 0 amide bonds. The highest BCUT2D eigenvalue weighted by Gasteiger charge is 2.19. The number of benzene rings is 8. The van der Waals surface area contributed by atoms with Gasteiger partial charge in [0, 0.05) is 11.3 Å². The fourth-order valence-electron chi connectivity index (χ4n) is 7.97. The molecule has 0 atom stereocenters. The van der Waals surface area contributed by atoms with E-state index >= 15 is 0 Å². The first kappa shape index (κ1) is 36.9. The normalized spacial score (nSPS) is 12.0. The minimum Gasteiger partial charge on any atom is -0.398 e. The highest BCUT2D eigenvalue weighted by atomic mass is 14.6. The number of allylic oxidation sites excluding steroid dienone is 4. The molecule has 0 saturated heterocycles. The Hall–Kier alpha value is -6.44. The van der Waals surface area contributed by atoms with E-state index in [4.69, 9.17) is 5.73 Å². The van der Waals surface area contributed by atoms with Crippen LogP contribution in [-0.2, 0) is 0 Å². The SMILES string of the molecule is C/C=C\c1c(C)cccc1/C(N)=C/C(=C\C)c1ccc(-c2c3ccccc3c(-c3cccc4c(-c5ccc(C)cc5)cccc34)c3ccccc23)cc1.CC. The molecule has 0 saturated carbocycles. The van der Waals surface area contributed by atoms with Crippen LogP contribution in [0.2, 0.25) is 0 Å². The minimum atomic E-state index is 0.756. The van der Waals surface area contributed by atoms with Crippen molar-refractivity contribution in [3.05, 3.63) is 198 Å². The van der Waals surface area contributed by atoms with Crippen LogP contribution in [0.5, 0.6) is 0 Å². The summed E-state index contributed by atoms with van der Waals surface area (Å²) in [6.45, 7) is 12.4. The smallest absolute Gasteiger partial charge is 0.0399 e. The summed E-state index contributed by atoms with van der Waals surface area (Å²) >= 11 is 0. The Morgan fingerprint density at radius 1 is 0.491 bits per heavy atom. The second-order valence-corrected chi connectivity index (χ2v) is 13.9. The van der Waals surface area contributed by atoms with E-state index in [2.05, 4.69) is 197 Å². The van der Waals surface area contributed by atoms with E-state index in [9.17, 15) is 0 Å². The molecule has 0 heterocycles. The first-order valence-electron chi connectivity index (χ1n) is 19.5. The molecule has 0 spiro atoms. The Morgan fingerprint density at radius 2 is 1.00 bits per heavy atom. The molecule has 0 aromatic heterocycles. The average molecular weight is 712 g/mol. The fraction of sp³-hybridized carbons (Fsp3) is 0.111. The van der Waals surface area contributed by atoms with E-state index < -0.39 is 0 Å². The minimum absolute atomic E-state index is 0.756. The van der Waals surface area contributed by atoms with E-state index in [1.54, 1.807) is 0 Å². The molecule has 1 heteroatoms. The molecule has 8 aromatic rings. The van der Waals surface area contributed by atoms with Crippen LogP contribution in [0, 0.1) is 13.8 Å². The summed E-state index contributed by atoms with van der Waals surface area (Å²) in [5, 5.41) is 7.50. The second-order valence-electron chi connectivity index (χ2n) is 13.9. The molecule has 0 bridgehead atoms. The van der Waals surface area contributed by atoms with Crippen molar-refractivity contribution < 1.29 is 0 Å². The maximum absolute atomic E-state index is 6.78. The van der Waals surface area contributed by atoms with Crippen LogP contribution >= 0.6 is 0 Å². The van der Waals surface area contributed by atoms with E-state index in [0.717, 1.165) is 28.0 Å². The van der Waals surface area contributed by atoms with Gasteiger partial charge in [0.25, 0.3) is 0 Å². The van der Waals surface area contributed by atoms with Crippen molar-refractivity contribution in [2.45, 2.75) is 41.5 Å². The van der Waals surface area contributed by atoms with Crippen molar-refractivity contribution in [2.75, 3.05) is 0 Å². The Labute approximate surface area is 326 Å². The number of rotatable bonds is 7. The molecule has 8 aromatic carbocycles. The van der Waals surface area contributed by atoms with E-state index in [-0.39, 0.29) is 0 Å². The molecule has 1 nitrogen and oxygen atoms in total. The predicted molar refractivity (Wildman–Crippen MR) is 243 cm³/mol. The monoisotopic (exact) mass is 711 g/mol. The fourth-order valence-corrected chi connectivity index (χ4v) is 7.97. The lowest BCUT2D eigenvalue weighted by molar-refractivity contribution is 1.39. The number of hydrogen-bond acceptors (Lipinski definition) is 1. The van der Waals surface area contributed by atoms with Crippen molar-refractivity contribution >= 4 is 49.7 Å². The number of fused-ring (bicyclic) bond motifs is 3. The van der Waals surface area contributed by atoms with Crippen LogP contribution in [0.3, 0.4) is 0 Å². The van der Waals surface area contributed by atoms with Crippen LogP contribution < -0.4 is 5.73 Å². The van der Waals surface area contributed by atoms with Gasteiger partial charge in [0.2, 0.25) is 0 Å². The van der Waals surface area contributed by atoms with Gasteiger partial charge in [-0.05, 0) is 122 Å². The Kier molecular flexibility index (Phi) is 10.9. The van der Waals surface area contributed by atoms with Crippen molar-refractivity contribution in [3.8, 4) is 33.4 Å². The van der Waals surface area contributed by atoms with Gasteiger partial charge in [-0.15, -0.1) is 0 Å². The molecule has 0 aliphatic heterocycles. The van der Waals surface area contributed by atoms with E-state index in [1.165, 1.54) is 76.8 Å². The predicted octanol–water partition coefficient (Wildman–Crippen LogP) is 15.2. The molecule has 0 aliphatic carbocycles. The third-order valence-corrected chi connectivity index (χ3v) is 10.6. The van der Waals surface area contributed by atoms with E-state index in [0.29, 0.717) is 0 Å². The lowest BCUT2D eigenvalue weighted by Gasteiger charge is -2.19. The topological polar surface area (TPSA) is 26.0 Å². The molecule has 2 N–H and O–H groups in total. The van der Waals surface area contributed by atoms with Gasteiger partial charge in [0.15, 0.2) is 0 Å². The lowest BCUT2D eigenvalue weighted by atomic mass is 9.84. The highest BCUT2D eigenvalue weighted by Crippen LogP contribution is 2.46. The third kappa shape index (κ3) is 7.02. The first-order chi connectivity index (χ1) is 27.0. The van der Waals surface area contributed by atoms with Crippen molar-refractivity contribution in [1.82, 2.24) is 0 Å². The number of aryl methyl sites for hydroxylation is 2. The molecular weight excluding hydrogens is 663 g/mol. The standard InChI is InChI=1S/C52H43N.C2H6/c1-5-14-40-35(4)15-11-23-44(40)50(53)33-36(6-2)37-29-31-39(32-30-37)51-46-16-7-9-18-48(46)52(49-19-10-8-17-47(49)51)45-24-13-21-42-41(20-12-22-43(42)45)38-27-25-34(3)26-28-38;1-2/h5-33H,53H2,1-4H3;1-2H3/b14-5-,36-6+,50-33-;. The largest absolute Gasteiger partial charge is 0.398 e. The van der Waals surface area contributed by atoms with Crippen LogP contribution in [0.25, 0.3) is 83.0 Å². The third-order valence-electron chi connectivity index (χ3n) is 10.6.